The summed E-state index contributed by atoms with van der Waals surface area (Å²) in [6, 6.07) is 4.35. The van der Waals surface area contributed by atoms with Crippen LogP contribution in [0.2, 0.25) is 0 Å². The van der Waals surface area contributed by atoms with Crippen LogP contribution >= 0.6 is 0 Å². The van der Waals surface area contributed by atoms with Crippen molar-refractivity contribution < 1.29 is 9.90 Å². The van der Waals surface area contributed by atoms with Gasteiger partial charge in [-0.1, -0.05) is 6.58 Å². The van der Waals surface area contributed by atoms with Crippen LogP contribution in [0.1, 0.15) is 49.3 Å². The van der Waals surface area contributed by atoms with Crippen molar-refractivity contribution in [1.82, 2.24) is 9.88 Å². The molecule has 1 aromatic heterocycles. The zero-order valence-corrected chi connectivity index (χ0v) is 18.0. The number of piperazine rings is 1. The van der Waals surface area contributed by atoms with Crippen LogP contribution in [-0.2, 0) is 4.79 Å². The molecule has 2 heterocycles. The minimum Gasteiger partial charge on any atom is -0.404 e. The Morgan fingerprint density at radius 3 is 2.65 bits per heavy atom. The van der Waals surface area contributed by atoms with E-state index in [0.29, 0.717) is 24.1 Å². The molecule has 3 fully saturated rings. The van der Waals surface area contributed by atoms with E-state index in [9.17, 15) is 9.90 Å². The fourth-order valence-corrected chi connectivity index (χ4v) is 4.46. The van der Waals surface area contributed by atoms with E-state index >= 15 is 0 Å². The number of rotatable bonds is 8. The maximum Gasteiger partial charge on any atom is 0.225 e. The average molecular weight is 424 g/mol. The molecule has 3 aliphatic rings. The summed E-state index contributed by atoms with van der Waals surface area (Å²) < 4.78 is 0. The van der Waals surface area contributed by atoms with Crippen molar-refractivity contribution in [1.29, 1.82) is 0 Å². The molecule has 0 aromatic carbocycles. The van der Waals surface area contributed by atoms with E-state index in [-0.39, 0.29) is 25.0 Å². The summed E-state index contributed by atoms with van der Waals surface area (Å²) in [4.78, 5) is 21.9. The number of nitrogens with two attached hydrogens (primary N) is 2. The Bertz CT molecular complexity index is 901. The van der Waals surface area contributed by atoms with E-state index in [1.54, 1.807) is 12.3 Å². The van der Waals surface area contributed by atoms with E-state index in [4.69, 9.17) is 16.5 Å². The Labute approximate surface area is 184 Å². The fraction of sp³-hybridized carbons (Fsp3) is 0.500. The van der Waals surface area contributed by atoms with E-state index in [1.165, 1.54) is 12.8 Å². The Hall–Kier alpha value is -2.80. The number of aromatic nitrogens is 1. The minimum atomic E-state index is -0.0913. The molecule has 5 N–H and O–H groups in total. The number of pyridine rings is 1. The van der Waals surface area contributed by atoms with Gasteiger partial charge in [0.2, 0.25) is 5.91 Å². The number of allylic oxidation sites excluding steroid dienone is 3. The summed E-state index contributed by atoms with van der Waals surface area (Å²) in [5, 5.41) is 9.19. The summed E-state index contributed by atoms with van der Waals surface area (Å²) in [5.41, 5.74) is 15.4. The monoisotopic (exact) mass is 423 g/mol. The SMILES string of the molecule is C=C/C(N)=C/C(=C\N)c1ccc(N2CCN(C(=O)CCO)C(C3CC3)C2)nc1C1CC1. The molecule has 0 radical (unpaired) electrons. The van der Waals surface area contributed by atoms with Gasteiger partial charge in [0.05, 0.1) is 18.3 Å². The number of hydrogen-bond donors (Lipinski definition) is 3. The van der Waals surface area contributed by atoms with Gasteiger partial charge in [-0.25, -0.2) is 4.98 Å². The molecule has 2 saturated carbocycles. The Morgan fingerprint density at radius 2 is 2.03 bits per heavy atom. The molecule has 7 heteroatoms. The maximum atomic E-state index is 12.5. The third-order valence-electron chi connectivity index (χ3n) is 6.48. The molecule has 166 valence electrons. The van der Waals surface area contributed by atoms with Crippen LogP contribution in [0.25, 0.3) is 5.57 Å². The smallest absolute Gasteiger partial charge is 0.225 e. The maximum absolute atomic E-state index is 12.5. The quantitative estimate of drug-likeness (QED) is 0.553. The van der Waals surface area contributed by atoms with Crippen LogP contribution in [0.3, 0.4) is 0 Å². The zero-order valence-electron chi connectivity index (χ0n) is 18.0. The summed E-state index contributed by atoms with van der Waals surface area (Å²) in [7, 11) is 0. The highest BCUT2D eigenvalue weighted by atomic mass is 16.3. The van der Waals surface area contributed by atoms with Crippen molar-refractivity contribution in [2.45, 2.75) is 44.1 Å². The number of hydrogen-bond acceptors (Lipinski definition) is 6. The average Bonchev–Trinajstić information content (AvgIpc) is 3.70. The van der Waals surface area contributed by atoms with Crippen molar-refractivity contribution >= 4 is 17.3 Å². The third kappa shape index (κ3) is 4.77. The first-order chi connectivity index (χ1) is 15.0. The standard InChI is InChI=1S/C24H33N5O2/c1-2-19(26)13-18(14-25)20-7-8-22(27-24(20)17-5-6-17)28-10-11-29(23(31)9-12-30)21(15-28)16-3-4-16/h2,7-8,13-14,16-17,21,30H,1,3-6,9-12,15,25-26H2/b18-14+,19-13-. The predicted molar refractivity (Wildman–Crippen MR) is 123 cm³/mol. The topological polar surface area (TPSA) is 109 Å². The van der Waals surface area contributed by atoms with Gasteiger partial charge < -0.3 is 26.4 Å². The number of amides is 1. The number of nitrogens with zero attached hydrogens (tertiary/aromatic N) is 3. The molecule has 4 rings (SSSR count). The first kappa shape index (κ1) is 21.4. The Balaban J connectivity index is 1.58. The molecule has 0 spiro atoms. The van der Waals surface area contributed by atoms with E-state index in [2.05, 4.69) is 23.6 Å². The van der Waals surface area contributed by atoms with Gasteiger partial charge in [-0.3, -0.25) is 4.79 Å². The lowest BCUT2D eigenvalue weighted by Crippen LogP contribution is -2.56. The van der Waals surface area contributed by atoms with E-state index in [0.717, 1.165) is 48.6 Å². The molecule has 7 nitrogen and oxygen atoms in total. The molecule has 1 atom stereocenters. The van der Waals surface area contributed by atoms with Crippen LogP contribution in [-0.4, -0.2) is 53.2 Å². The van der Waals surface area contributed by atoms with Gasteiger partial charge in [0.1, 0.15) is 5.82 Å². The van der Waals surface area contributed by atoms with Gasteiger partial charge in [-0.15, -0.1) is 0 Å². The lowest BCUT2D eigenvalue weighted by Gasteiger charge is -2.42. The fourth-order valence-electron chi connectivity index (χ4n) is 4.46. The molecule has 0 bridgehead atoms. The molecule has 1 unspecified atom stereocenters. The largest absolute Gasteiger partial charge is 0.404 e. The Kier molecular flexibility index (Phi) is 6.32. The normalized spacial score (nSPS) is 22.5. The van der Waals surface area contributed by atoms with Crippen LogP contribution in [0.15, 0.2) is 42.8 Å². The molecule has 1 aromatic rings. The molecular formula is C24H33N5O2. The highest BCUT2D eigenvalue weighted by Gasteiger charge is 2.41. The van der Waals surface area contributed by atoms with E-state index < -0.39 is 0 Å². The lowest BCUT2D eigenvalue weighted by atomic mass is 10.0. The molecule has 1 amide bonds. The van der Waals surface area contributed by atoms with Gasteiger partial charge in [0.25, 0.3) is 0 Å². The number of carbonyl (C=O) groups is 1. The summed E-state index contributed by atoms with van der Waals surface area (Å²) >= 11 is 0. The van der Waals surface area contributed by atoms with Gasteiger partial charge in [-0.2, -0.15) is 0 Å². The first-order valence-electron chi connectivity index (χ1n) is 11.2. The number of aliphatic hydroxyl groups excluding tert-OH is 1. The van der Waals surface area contributed by atoms with Crippen LogP contribution in [0, 0.1) is 5.92 Å². The van der Waals surface area contributed by atoms with Crippen molar-refractivity contribution in [2.75, 3.05) is 31.1 Å². The molecule has 1 saturated heterocycles. The highest BCUT2D eigenvalue weighted by Crippen LogP contribution is 2.43. The second kappa shape index (κ2) is 9.14. The molecule has 2 aliphatic carbocycles. The predicted octanol–water partition coefficient (Wildman–Crippen LogP) is 2.10. The lowest BCUT2D eigenvalue weighted by molar-refractivity contribution is -0.135. The van der Waals surface area contributed by atoms with Gasteiger partial charge in [-0.05, 0) is 55.9 Å². The van der Waals surface area contributed by atoms with Crippen molar-refractivity contribution in [3.05, 3.63) is 54.0 Å². The first-order valence-corrected chi connectivity index (χ1v) is 11.2. The van der Waals surface area contributed by atoms with Gasteiger partial charge >= 0.3 is 0 Å². The van der Waals surface area contributed by atoms with Crippen molar-refractivity contribution in [3.8, 4) is 0 Å². The molecule has 31 heavy (non-hydrogen) atoms. The zero-order chi connectivity index (χ0) is 22.0. The third-order valence-corrected chi connectivity index (χ3v) is 6.48. The summed E-state index contributed by atoms with van der Waals surface area (Å²) in [6.45, 7) is 5.84. The number of anilines is 1. The van der Waals surface area contributed by atoms with E-state index in [1.807, 2.05) is 11.0 Å². The van der Waals surface area contributed by atoms with Gasteiger partial charge in [0.15, 0.2) is 0 Å². The van der Waals surface area contributed by atoms with Crippen LogP contribution in [0.5, 0.6) is 0 Å². The van der Waals surface area contributed by atoms with Crippen LogP contribution < -0.4 is 16.4 Å². The number of aliphatic hydroxyl groups is 1. The summed E-state index contributed by atoms with van der Waals surface area (Å²) in [6.07, 6.45) is 9.84. The Morgan fingerprint density at radius 1 is 1.26 bits per heavy atom. The van der Waals surface area contributed by atoms with Gasteiger partial charge in [0, 0.05) is 55.0 Å². The number of carbonyl (C=O) groups excluding carboxylic acids is 1. The molecular weight excluding hydrogens is 390 g/mol. The van der Waals surface area contributed by atoms with Crippen molar-refractivity contribution in [2.24, 2.45) is 17.4 Å². The second-order valence-electron chi connectivity index (χ2n) is 8.76. The highest BCUT2D eigenvalue weighted by molar-refractivity contribution is 5.78. The second-order valence-corrected chi connectivity index (χ2v) is 8.76. The summed E-state index contributed by atoms with van der Waals surface area (Å²) in [5.74, 6) is 2.04. The molecule has 1 aliphatic heterocycles. The van der Waals surface area contributed by atoms with Crippen LogP contribution in [0.4, 0.5) is 5.82 Å². The van der Waals surface area contributed by atoms with Crippen molar-refractivity contribution in [3.63, 3.8) is 0 Å². The minimum absolute atomic E-state index is 0.0605.